The SMILES string of the molecule is Nc1c2c(nc3ccccc13)CCCC2.O=[N+]([O-])O. The molecule has 19 heavy (non-hydrogen) atoms. The van der Waals surface area contributed by atoms with Crippen molar-refractivity contribution in [2.75, 3.05) is 5.73 Å². The highest BCUT2D eigenvalue weighted by Crippen LogP contribution is 2.30. The van der Waals surface area contributed by atoms with E-state index < -0.39 is 5.09 Å². The van der Waals surface area contributed by atoms with Gasteiger partial charge in [-0.1, -0.05) is 18.2 Å². The minimum Gasteiger partial charge on any atom is -0.398 e. The highest BCUT2D eigenvalue weighted by molar-refractivity contribution is 5.92. The van der Waals surface area contributed by atoms with Crippen molar-refractivity contribution in [3.63, 3.8) is 0 Å². The number of hydrogen-bond acceptors (Lipinski definition) is 4. The van der Waals surface area contributed by atoms with Crippen LogP contribution in [0.15, 0.2) is 24.3 Å². The first-order chi connectivity index (χ1) is 9.09. The quantitative estimate of drug-likeness (QED) is 0.559. The molecule has 3 rings (SSSR count). The van der Waals surface area contributed by atoms with E-state index in [1.54, 1.807) is 0 Å². The van der Waals surface area contributed by atoms with Crippen LogP contribution in [0.1, 0.15) is 24.1 Å². The van der Waals surface area contributed by atoms with Crippen LogP contribution in [-0.2, 0) is 12.8 Å². The number of benzene rings is 1. The van der Waals surface area contributed by atoms with Gasteiger partial charge in [0.1, 0.15) is 0 Å². The van der Waals surface area contributed by atoms with Gasteiger partial charge in [-0.05, 0) is 37.3 Å². The molecule has 2 aromatic rings. The lowest BCUT2D eigenvalue weighted by Gasteiger charge is -2.18. The number of fused-ring (bicyclic) bond motifs is 2. The molecule has 0 saturated heterocycles. The van der Waals surface area contributed by atoms with E-state index >= 15 is 0 Å². The summed E-state index contributed by atoms with van der Waals surface area (Å²) in [6.07, 6.45) is 4.68. The molecule has 0 fully saturated rings. The van der Waals surface area contributed by atoms with Crippen LogP contribution in [0, 0.1) is 10.1 Å². The molecule has 0 unspecified atom stereocenters. The first-order valence-electron chi connectivity index (χ1n) is 6.09. The van der Waals surface area contributed by atoms with Crippen molar-refractivity contribution < 1.29 is 10.3 Å². The number of aryl methyl sites for hydroxylation is 1. The van der Waals surface area contributed by atoms with Gasteiger partial charge in [0, 0.05) is 16.8 Å². The number of para-hydroxylation sites is 1. The Kier molecular flexibility index (Phi) is 3.79. The highest BCUT2D eigenvalue weighted by Gasteiger charge is 2.15. The smallest absolute Gasteiger partial charge is 0.291 e. The minimum atomic E-state index is -1.50. The molecule has 3 N–H and O–H groups in total. The molecule has 0 spiro atoms. The van der Waals surface area contributed by atoms with Crippen molar-refractivity contribution in [2.45, 2.75) is 25.7 Å². The van der Waals surface area contributed by atoms with Gasteiger partial charge in [-0.25, -0.2) is 0 Å². The van der Waals surface area contributed by atoms with Crippen LogP contribution in [0.5, 0.6) is 0 Å². The molecule has 0 aliphatic heterocycles. The Bertz CT molecular complexity index is 609. The zero-order chi connectivity index (χ0) is 13.8. The fourth-order valence-corrected chi connectivity index (χ4v) is 2.41. The van der Waals surface area contributed by atoms with Crippen LogP contribution in [0.2, 0.25) is 0 Å². The number of nitrogens with zero attached hydrogens (tertiary/aromatic N) is 2. The molecule has 1 aliphatic rings. The highest BCUT2D eigenvalue weighted by atomic mass is 16.9. The lowest BCUT2D eigenvalue weighted by Crippen LogP contribution is -2.09. The van der Waals surface area contributed by atoms with Crippen molar-refractivity contribution in [1.29, 1.82) is 0 Å². The van der Waals surface area contributed by atoms with Crippen LogP contribution in [0.25, 0.3) is 10.9 Å². The Morgan fingerprint density at radius 2 is 1.89 bits per heavy atom. The fourth-order valence-electron chi connectivity index (χ4n) is 2.41. The second-order valence-corrected chi connectivity index (χ2v) is 4.41. The summed E-state index contributed by atoms with van der Waals surface area (Å²) in [5, 5.41) is 14.7. The monoisotopic (exact) mass is 261 g/mol. The number of pyridine rings is 1. The molecule has 6 heteroatoms. The Morgan fingerprint density at radius 3 is 2.63 bits per heavy atom. The van der Waals surface area contributed by atoms with Gasteiger partial charge in [0.25, 0.3) is 5.09 Å². The molecule has 6 nitrogen and oxygen atoms in total. The predicted molar refractivity (Wildman–Crippen MR) is 71.6 cm³/mol. The summed E-state index contributed by atoms with van der Waals surface area (Å²) in [6.45, 7) is 0. The number of rotatable bonds is 0. The number of nitrogens with two attached hydrogens (primary N) is 1. The zero-order valence-corrected chi connectivity index (χ0v) is 10.4. The molecular weight excluding hydrogens is 246 g/mol. The van der Waals surface area contributed by atoms with Crippen molar-refractivity contribution in [3.05, 3.63) is 45.6 Å². The number of aromatic nitrogens is 1. The normalized spacial score (nSPS) is 13.3. The van der Waals surface area contributed by atoms with Gasteiger partial charge in [0.2, 0.25) is 0 Å². The third-order valence-corrected chi connectivity index (χ3v) is 3.21. The van der Waals surface area contributed by atoms with Gasteiger partial charge in [-0.15, -0.1) is 10.1 Å². The van der Waals surface area contributed by atoms with Gasteiger partial charge in [0.05, 0.1) is 5.52 Å². The van der Waals surface area contributed by atoms with Crippen LogP contribution in [0.3, 0.4) is 0 Å². The van der Waals surface area contributed by atoms with Crippen molar-refractivity contribution >= 4 is 16.6 Å². The lowest BCUT2D eigenvalue weighted by molar-refractivity contribution is -0.742. The third-order valence-electron chi connectivity index (χ3n) is 3.21. The molecule has 0 bridgehead atoms. The standard InChI is InChI=1S/C13H14N2.HNO3/c14-13-9-5-1-3-7-11(9)15-12-8-4-2-6-10(12)13;2-1(3)4/h1,3,5,7H,2,4,6,8H2,(H2,14,15);(H,2,3,4). The van der Waals surface area contributed by atoms with Crippen LogP contribution < -0.4 is 5.73 Å². The van der Waals surface area contributed by atoms with E-state index in [1.165, 1.54) is 24.1 Å². The Morgan fingerprint density at radius 1 is 1.26 bits per heavy atom. The lowest BCUT2D eigenvalue weighted by atomic mass is 9.93. The maximum absolute atomic E-state index is 8.36. The van der Waals surface area contributed by atoms with Gasteiger partial charge in [-0.3, -0.25) is 4.98 Å². The second kappa shape index (κ2) is 5.51. The summed E-state index contributed by atoms with van der Waals surface area (Å²) in [6, 6.07) is 8.15. The summed E-state index contributed by atoms with van der Waals surface area (Å²) in [5.41, 5.74) is 10.7. The van der Waals surface area contributed by atoms with Crippen molar-refractivity contribution in [2.24, 2.45) is 0 Å². The van der Waals surface area contributed by atoms with Crippen LogP contribution in [-0.4, -0.2) is 15.3 Å². The second-order valence-electron chi connectivity index (χ2n) is 4.41. The molecule has 1 aromatic carbocycles. The first-order valence-corrected chi connectivity index (χ1v) is 6.09. The number of anilines is 1. The molecule has 1 aromatic heterocycles. The molecule has 0 saturated carbocycles. The molecule has 0 atom stereocenters. The number of hydrogen-bond donors (Lipinski definition) is 2. The molecule has 0 amide bonds. The van der Waals surface area contributed by atoms with Gasteiger partial charge >= 0.3 is 0 Å². The van der Waals surface area contributed by atoms with Crippen LogP contribution >= 0.6 is 0 Å². The number of nitrogen functional groups attached to an aromatic ring is 1. The van der Waals surface area contributed by atoms with Crippen LogP contribution in [0.4, 0.5) is 5.69 Å². The molecule has 1 aliphatic carbocycles. The first kappa shape index (κ1) is 13.1. The molecule has 100 valence electrons. The van der Waals surface area contributed by atoms with E-state index in [0.29, 0.717) is 0 Å². The predicted octanol–water partition coefficient (Wildman–Crippen LogP) is 2.35. The molecule has 0 radical (unpaired) electrons. The Hall–Kier alpha value is -2.37. The van der Waals surface area contributed by atoms with E-state index in [-0.39, 0.29) is 0 Å². The van der Waals surface area contributed by atoms with Crippen molar-refractivity contribution in [1.82, 2.24) is 4.98 Å². The average molecular weight is 261 g/mol. The largest absolute Gasteiger partial charge is 0.398 e. The van der Waals surface area contributed by atoms with E-state index in [0.717, 1.165) is 29.4 Å². The summed E-state index contributed by atoms with van der Waals surface area (Å²) < 4.78 is 0. The summed E-state index contributed by atoms with van der Waals surface area (Å²) in [7, 11) is 0. The summed E-state index contributed by atoms with van der Waals surface area (Å²) in [5.74, 6) is 0. The third kappa shape index (κ3) is 2.90. The maximum atomic E-state index is 8.36. The van der Waals surface area contributed by atoms with Gasteiger partial charge < -0.3 is 10.9 Å². The Labute approximate surface area is 110 Å². The minimum absolute atomic E-state index is 0.954. The summed E-state index contributed by atoms with van der Waals surface area (Å²) >= 11 is 0. The van der Waals surface area contributed by atoms with E-state index in [9.17, 15) is 0 Å². The molecule has 1 heterocycles. The van der Waals surface area contributed by atoms with Crippen molar-refractivity contribution in [3.8, 4) is 0 Å². The maximum Gasteiger partial charge on any atom is 0.291 e. The van der Waals surface area contributed by atoms with E-state index in [1.807, 2.05) is 18.2 Å². The van der Waals surface area contributed by atoms with Gasteiger partial charge in [0.15, 0.2) is 0 Å². The molecular formula is C13H15N3O3. The zero-order valence-electron chi connectivity index (χ0n) is 10.4. The topological polar surface area (TPSA) is 102 Å². The average Bonchev–Trinajstić information content (AvgIpc) is 2.38. The summed E-state index contributed by atoms with van der Waals surface area (Å²) in [4.78, 5) is 13.1. The van der Waals surface area contributed by atoms with E-state index in [4.69, 9.17) is 26.0 Å². The Balaban J connectivity index is 0.000000297. The van der Waals surface area contributed by atoms with E-state index in [2.05, 4.69) is 6.07 Å². The van der Waals surface area contributed by atoms with Gasteiger partial charge in [-0.2, -0.15) is 0 Å². The fraction of sp³-hybridized carbons (Fsp3) is 0.308.